The summed E-state index contributed by atoms with van der Waals surface area (Å²) >= 11 is 5.32. The standard InChI is InChI=1S/C19H22N2O3S/c1-22-15-8-6-14(7-9-15)10-11-20-19(25)21-12-16-13-23-17-4-2-3-5-18(17)24-16/h2-9,16H,10-13H2,1H3,(H2,20,21,25). The highest BCUT2D eigenvalue weighted by Crippen LogP contribution is 2.30. The Balaban J connectivity index is 1.35. The molecule has 3 rings (SSSR count). The first-order valence-corrected chi connectivity index (χ1v) is 8.68. The van der Waals surface area contributed by atoms with Crippen molar-refractivity contribution < 1.29 is 14.2 Å². The predicted octanol–water partition coefficient (Wildman–Crippen LogP) is 2.54. The molecular formula is C19H22N2O3S. The van der Waals surface area contributed by atoms with Crippen LogP contribution >= 0.6 is 12.2 Å². The third-order valence-electron chi connectivity index (χ3n) is 3.92. The minimum Gasteiger partial charge on any atom is -0.497 e. The molecule has 6 heteroatoms. The average Bonchev–Trinajstić information content (AvgIpc) is 2.67. The Morgan fingerprint density at radius 1 is 1.12 bits per heavy atom. The molecule has 0 amide bonds. The Labute approximate surface area is 153 Å². The number of nitrogens with one attached hydrogen (secondary N) is 2. The van der Waals surface area contributed by atoms with Crippen molar-refractivity contribution in [3.8, 4) is 17.2 Å². The van der Waals surface area contributed by atoms with Gasteiger partial charge in [0.25, 0.3) is 0 Å². The molecule has 0 radical (unpaired) electrons. The summed E-state index contributed by atoms with van der Waals surface area (Å²) in [5.74, 6) is 2.43. The summed E-state index contributed by atoms with van der Waals surface area (Å²) in [6, 6.07) is 15.7. The van der Waals surface area contributed by atoms with Crippen molar-refractivity contribution in [3.05, 3.63) is 54.1 Å². The van der Waals surface area contributed by atoms with Crippen molar-refractivity contribution in [1.29, 1.82) is 0 Å². The van der Waals surface area contributed by atoms with Gasteiger partial charge >= 0.3 is 0 Å². The maximum absolute atomic E-state index is 5.89. The third kappa shape index (κ3) is 5.00. The van der Waals surface area contributed by atoms with Gasteiger partial charge in [-0.25, -0.2) is 0 Å². The van der Waals surface area contributed by atoms with Gasteiger partial charge in [-0.05, 0) is 48.5 Å². The second-order valence-electron chi connectivity index (χ2n) is 5.73. The summed E-state index contributed by atoms with van der Waals surface area (Å²) in [6.45, 7) is 1.88. The molecule has 132 valence electrons. The van der Waals surface area contributed by atoms with Crippen molar-refractivity contribution in [2.45, 2.75) is 12.5 Å². The van der Waals surface area contributed by atoms with E-state index >= 15 is 0 Å². The molecule has 1 heterocycles. The van der Waals surface area contributed by atoms with Crippen LogP contribution in [0, 0.1) is 0 Å². The Morgan fingerprint density at radius 2 is 1.88 bits per heavy atom. The second-order valence-corrected chi connectivity index (χ2v) is 6.14. The highest BCUT2D eigenvalue weighted by Gasteiger charge is 2.20. The lowest BCUT2D eigenvalue weighted by atomic mass is 10.1. The molecular weight excluding hydrogens is 336 g/mol. The lowest BCUT2D eigenvalue weighted by Gasteiger charge is -2.27. The molecule has 0 saturated heterocycles. The predicted molar refractivity (Wildman–Crippen MR) is 102 cm³/mol. The smallest absolute Gasteiger partial charge is 0.166 e. The largest absolute Gasteiger partial charge is 0.497 e. The first-order chi connectivity index (χ1) is 12.2. The third-order valence-corrected chi connectivity index (χ3v) is 4.20. The lowest BCUT2D eigenvalue weighted by Crippen LogP contribution is -2.44. The normalized spacial score (nSPS) is 15.3. The quantitative estimate of drug-likeness (QED) is 0.774. The summed E-state index contributed by atoms with van der Waals surface area (Å²) in [5, 5.41) is 7.02. The molecule has 0 aromatic heterocycles. The van der Waals surface area contributed by atoms with E-state index in [2.05, 4.69) is 22.8 Å². The number of methoxy groups -OCH3 is 1. The van der Waals surface area contributed by atoms with Crippen LogP contribution in [0.15, 0.2) is 48.5 Å². The number of para-hydroxylation sites is 2. The fourth-order valence-corrected chi connectivity index (χ4v) is 2.73. The average molecular weight is 358 g/mol. The van der Waals surface area contributed by atoms with Crippen LogP contribution in [0.2, 0.25) is 0 Å². The van der Waals surface area contributed by atoms with Crippen molar-refractivity contribution in [2.24, 2.45) is 0 Å². The van der Waals surface area contributed by atoms with Crippen molar-refractivity contribution in [3.63, 3.8) is 0 Å². The van der Waals surface area contributed by atoms with E-state index < -0.39 is 0 Å². The zero-order valence-electron chi connectivity index (χ0n) is 14.2. The maximum Gasteiger partial charge on any atom is 0.166 e. The van der Waals surface area contributed by atoms with Crippen molar-refractivity contribution >= 4 is 17.3 Å². The van der Waals surface area contributed by atoms with Gasteiger partial charge in [0.1, 0.15) is 18.5 Å². The minimum absolute atomic E-state index is 0.0590. The summed E-state index contributed by atoms with van der Waals surface area (Å²) < 4.78 is 16.7. The molecule has 1 aliphatic heterocycles. The molecule has 0 saturated carbocycles. The molecule has 0 spiro atoms. The van der Waals surface area contributed by atoms with Crippen molar-refractivity contribution in [2.75, 3.05) is 26.8 Å². The van der Waals surface area contributed by atoms with E-state index in [0.717, 1.165) is 30.2 Å². The zero-order chi connectivity index (χ0) is 17.5. The number of hydrogen-bond donors (Lipinski definition) is 2. The van der Waals surface area contributed by atoms with E-state index in [-0.39, 0.29) is 6.10 Å². The zero-order valence-corrected chi connectivity index (χ0v) is 15.0. The highest BCUT2D eigenvalue weighted by atomic mass is 32.1. The van der Waals surface area contributed by atoms with E-state index in [1.165, 1.54) is 5.56 Å². The van der Waals surface area contributed by atoms with Gasteiger partial charge in [-0.3, -0.25) is 0 Å². The molecule has 0 aliphatic carbocycles. The Morgan fingerprint density at radius 3 is 2.64 bits per heavy atom. The van der Waals surface area contributed by atoms with E-state index in [0.29, 0.717) is 18.3 Å². The molecule has 2 N–H and O–H groups in total. The van der Waals surface area contributed by atoms with E-state index in [9.17, 15) is 0 Å². The van der Waals surface area contributed by atoms with E-state index in [4.69, 9.17) is 26.4 Å². The maximum atomic E-state index is 5.89. The molecule has 1 atom stereocenters. The molecule has 25 heavy (non-hydrogen) atoms. The second kappa shape index (κ2) is 8.58. The first-order valence-electron chi connectivity index (χ1n) is 8.27. The van der Waals surface area contributed by atoms with Gasteiger partial charge in [-0.1, -0.05) is 24.3 Å². The molecule has 2 aromatic carbocycles. The number of ether oxygens (including phenoxy) is 3. The molecule has 1 unspecified atom stereocenters. The molecule has 5 nitrogen and oxygen atoms in total. The molecule has 0 fully saturated rings. The topological polar surface area (TPSA) is 51.8 Å². The number of rotatable bonds is 6. The lowest BCUT2D eigenvalue weighted by molar-refractivity contribution is 0.0937. The Bertz CT molecular complexity index is 706. The Hall–Kier alpha value is -2.47. The van der Waals surface area contributed by atoms with Crippen LogP contribution in [0.5, 0.6) is 17.2 Å². The first kappa shape index (κ1) is 17.4. The van der Waals surface area contributed by atoms with Crippen molar-refractivity contribution in [1.82, 2.24) is 10.6 Å². The fourth-order valence-electron chi connectivity index (χ4n) is 2.55. The van der Waals surface area contributed by atoms with Crippen LogP contribution in [0.1, 0.15) is 5.56 Å². The van der Waals surface area contributed by atoms with Gasteiger partial charge < -0.3 is 24.8 Å². The number of hydrogen-bond acceptors (Lipinski definition) is 4. The van der Waals surface area contributed by atoms with Gasteiger partial charge in [-0.15, -0.1) is 0 Å². The number of thiocarbonyl (C=S) groups is 1. The van der Waals surface area contributed by atoms with Crippen LogP contribution < -0.4 is 24.8 Å². The van der Waals surface area contributed by atoms with Gasteiger partial charge in [0.2, 0.25) is 0 Å². The molecule has 1 aliphatic rings. The Kier molecular flexibility index (Phi) is 5.95. The van der Waals surface area contributed by atoms with Crippen LogP contribution in [-0.2, 0) is 6.42 Å². The van der Waals surface area contributed by atoms with Gasteiger partial charge in [-0.2, -0.15) is 0 Å². The number of benzene rings is 2. The molecule has 0 bridgehead atoms. The van der Waals surface area contributed by atoms with Crippen LogP contribution in [0.3, 0.4) is 0 Å². The van der Waals surface area contributed by atoms with Gasteiger partial charge in [0, 0.05) is 6.54 Å². The fraction of sp³-hybridized carbons (Fsp3) is 0.316. The minimum atomic E-state index is -0.0590. The van der Waals surface area contributed by atoms with Gasteiger partial charge in [0.15, 0.2) is 16.6 Å². The van der Waals surface area contributed by atoms with Crippen LogP contribution in [-0.4, -0.2) is 38.0 Å². The monoisotopic (exact) mass is 358 g/mol. The summed E-state index contributed by atoms with van der Waals surface area (Å²) in [5.41, 5.74) is 1.23. The summed E-state index contributed by atoms with van der Waals surface area (Å²) in [7, 11) is 1.67. The summed E-state index contributed by atoms with van der Waals surface area (Å²) in [6.07, 6.45) is 0.832. The van der Waals surface area contributed by atoms with E-state index in [1.54, 1.807) is 7.11 Å². The molecule has 2 aromatic rings. The SMILES string of the molecule is COc1ccc(CCNC(=S)NCC2COc3ccccc3O2)cc1. The summed E-state index contributed by atoms with van der Waals surface area (Å²) in [4.78, 5) is 0. The number of fused-ring (bicyclic) bond motifs is 1. The van der Waals surface area contributed by atoms with Crippen LogP contribution in [0.25, 0.3) is 0 Å². The van der Waals surface area contributed by atoms with Gasteiger partial charge in [0.05, 0.1) is 13.7 Å². The highest BCUT2D eigenvalue weighted by molar-refractivity contribution is 7.80. The van der Waals surface area contributed by atoms with E-state index in [1.807, 2.05) is 36.4 Å². The van der Waals surface area contributed by atoms with Crippen LogP contribution in [0.4, 0.5) is 0 Å².